The Labute approximate surface area is 151 Å². The van der Waals surface area contributed by atoms with Gasteiger partial charge in [-0.3, -0.25) is 4.79 Å². The molecule has 2 N–H and O–H groups in total. The van der Waals surface area contributed by atoms with Crippen molar-refractivity contribution >= 4 is 5.97 Å². The lowest BCUT2D eigenvalue weighted by atomic mass is 9.87. The second kappa shape index (κ2) is 10.9. The van der Waals surface area contributed by atoms with Crippen LogP contribution in [-0.4, -0.2) is 34.5 Å². The minimum absolute atomic E-state index is 0.126. The van der Waals surface area contributed by atoms with Gasteiger partial charge in [0.1, 0.15) is 6.10 Å². The number of aliphatic hydroxyl groups is 1. The Bertz CT molecular complexity index is 422. The molecule has 0 amide bonds. The van der Waals surface area contributed by atoms with Crippen LogP contribution in [-0.2, 0) is 14.6 Å². The highest BCUT2D eigenvalue weighted by Gasteiger charge is 2.49. The predicted molar refractivity (Wildman–Crippen MR) is 96.0 cm³/mol. The summed E-state index contributed by atoms with van der Waals surface area (Å²) < 4.78 is 0. The van der Waals surface area contributed by atoms with Crippen LogP contribution in [0.3, 0.4) is 0 Å². The number of fused-ring (bicyclic) bond motifs is 2. The van der Waals surface area contributed by atoms with Crippen molar-refractivity contribution in [3.63, 3.8) is 0 Å². The monoisotopic (exact) mass is 354 g/mol. The number of hydrogen-bond acceptors (Lipinski definition) is 4. The number of carbonyl (C=O) groups is 1. The smallest absolute Gasteiger partial charge is 0.303 e. The van der Waals surface area contributed by atoms with E-state index in [1.165, 1.54) is 12.8 Å². The minimum atomic E-state index is -0.707. The summed E-state index contributed by atoms with van der Waals surface area (Å²) in [7, 11) is 0. The van der Waals surface area contributed by atoms with E-state index < -0.39 is 5.97 Å². The first-order chi connectivity index (χ1) is 12.1. The number of carboxylic acid groups (broad SMARTS) is 1. The number of aliphatic hydroxyl groups excluding tert-OH is 1. The first kappa shape index (κ1) is 20.4. The first-order valence-corrected chi connectivity index (χ1v) is 10.0. The second-order valence-electron chi connectivity index (χ2n) is 7.54. The lowest BCUT2D eigenvalue weighted by molar-refractivity contribution is -0.337. The Balaban J connectivity index is 1.71. The summed E-state index contributed by atoms with van der Waals surface area (Å²) in [6.07, 6.45) is 14.5. The van der Waals surface area contributed by atoms with Crippen LogP contribution in [0.5, 0.6) is 0 Å². The van der Waals surface area contributed by atoms with E-state index in [-0.39, 0.29) is 24.7 Å². The van der Waals surface area contributed by atoms with Crippen molar-refractivity contribution in [1.29, 1.82) is 0 Å². The summed E-state index contributed by atoms with van der Waals surface area (Å²) >= 11 is 0. The van der Waals surface area contributed by atoms with Gasteiger partial charge in [-0.25, -0.2) is 9.78 Å². The van der Waals surface area contributed by atoms with Gasteiger partial charge in [-0.1, -0.05) is 57.6 Å². The van der Waals surface area contributed by atoms with Crippen LogP contribution in [0.25, 0.3) is 0 Å². The van der Waals surface area contributed by atoms with Gasteiger partial charge in [0.25, 0.3) is 0 Å². The van der Waals surface area contributed by atoms with Gasteiger partial charge in [0.2, 0.25) is 0 Å². The van der Waals surface area contributed by atoms with Crippen LogP contribution in [0.15, 0.2) is 12.2 Å². The van der Waals surface area contributed by atoms with Gasteiger partial charge in [-0.05, 0) is 25.2 Å². The van der Waals surface area contributed by atoms with Gasteiger partial charge in [0, 0.05) is 18.8 Å². The molecule has 0 radical (unpaired) electrons. The van der Waals surface area contributed by atoms with E-state index in [0.29, 0.717) is 11.8 Å². The molecule has 2 aliphatic rings. The summed E-state index contributed by atoms with van der Waals surface area (Å²) in [5, 5.41) is 18.8. The topological polar surface area (TPSA) is 76.0 Å². The van der Waals surface area contributed by atoms with Gasteiger partial charge in [-0.2, -0.15) is 0 Å². The maximum absolute atomic E-state index is 10.5. The zero-order valence-electron chi connectivity index (χ0n) is 15.4. The van der Waals surface area contributed by atoms with Crippen LogP contribution in [0.4, 0.5) is 0 Å². The average Bonchev–Trinajstić information content (AvgIpc) is 3.17. The van der Waals surface area contributed by atoms with Crippen molar-refractivity contribution < 1.29 is 24.8 Å². The second-order valence-corrected chi connectivity index (χ2v) is 7.54. The van der Waals surface area contributed by atoms with Crippen LogP contribution >= 0.6 is 0 Å². The fourth-order valence-electron chi connectivity index (χ4n) is 4.05. The molecule has 1 heterocycles. The predicted octanol–water partition coefficient (Wildman–Crippen LogP) is 4.24. The Morgan fingerprint density at radius 1 is 1.12 bits per heavy atom. The number of unbranched alkanes of at least 4 members (excludes halogenated alkanes) is 5. The van der Waals surface area contributed by atoms with Crippen LogP contribution in [0.2, 0.25) is 0 Å². The normalized spacial score (nSPS) is 29.5. The molecule has 0 spiro atoms. The number of carboxylic acids is 1. The maximum atomic E-state index is 10.5. The van der Waals surface area contributed by atoms with E-state index in [9.17, 15) is 9.90 Å². The van der Waals surface area contributed by atoms with E-state index in [1.807, 2.05) is 6.08 Å². The minimum Gasteiger partial charge on any atom is -0.481 e. The van der Waals surface area contributed by atoms with Crippen molar-refractivity contribution in [2.24, 2.45) is 11.8 Å². The Kier molecular flexibility index (Phi) is 8.93. The molecule has 1 aliphatic carbocycles. The third-order valence-corrected chi connectivity index (χ3v) is 5.51. The van der Waals surface area contributed by atoms with E-state index >= 15 is 0 Å². The fourth-order valence-corrected chi connectivity index (χ4v) is 4.05. The molecule has 0 aromatic rings. The SMILES string of the molecule is CCCCCC(O)C=CC1C2CC(OO2)C1CCCCCCC(=O)O. The molecule has 5 heteroatoms. The van der Waals surface area contributed by atoms with Gasteiger partial charge in [-0.15, -0.1) is 0 Å². The third kappa shape index (κ3) is 6.72. The van der Waals surface area contributed by atoms with Gasteiger partial charge in [0.15, 0.2) is 0 Å². The first-order valence-electron chi connectivity index (χ1n) is 10.0. The molecule has 25 heavy (non-hydrogen) atoms. The highest BCUT2D eigenvalue weighted by molar-refractivity contribution is 5.66. The zero-order valence-corrected chi connectivity index (χ0v) is 15.4. The van der Waals surface area contributed by atoms with Crippen molar-refractivity contribution in [3.05, 3.63) is 12.2 Å². The third-order valence-electron chi connectivity index (χ3n) is 5.51. The summed E-state index contributed by atoms with van der Waals surface area (Å²) in [6, 6.07) is 0. The fraction of sp³-hybridized carbons (Fsp3) is 0.850. The molecular weight excluding hydrogens is 320 g/mol. The Hall–Kier alpha value is -0.910. The quantitative estimate of drug-likeness (QED) is 0.294. The highest BCUT2D eigenvalue weighted by atomic mass is 17.2. The molecule has 1 saturated carbocycles. The van der Waals surface area contributed by atoms with E-state index in [2.05, 4.69) is 13.0 Å². The largest absolute Gasteiger partial charge is 0.481 e. The molecule has 0 aromatic heterocycles. The zero-order chi connectivity index (χ0) is 18.1. The van der Waals surface area contributed by atoms with Crippen LogP contribution in [0, 0.1) is 11.8 Å². The number of hydrogen-bond donors (Lipinski definition) is 2. The van der Waals surface area contributed by atoms with Crippen molar-refractivity contribution in [2.45, 2.75) is 95.9 Å². The molecule has 5 atom stereocenters. The van der Waals surface area contributed by atoms with Gasteiger partial charge >= 0.3 is 5.97 Å². The molecule has 2 rings (SSSR count). The Morgan fingerprint density at radius 2 is 1.88 bits per heavy atom. The molecule has 5 nitrogen and oxygen atoms in total. The van der Waals surface area contributed by atoms with Crippen LogP contribution in [0.1, 0.15) is 77.6 Å². The van der Waals surface area contributed by atoms with E-state index in [1.54, 1.807) is 0 Å². The lowest BCUT2D eigenvalue weighted by Crippen LogP contribution is -2.29. The summed E-state index contributed by atoms with van der Waals surface area (Å²) in [5.41, 5.74) is 0. The number of rotatable bonds is 13. The van der Waals surface area contributed by atoms with Gasteiger partial charge < -0.3 is 10.2 Å². The molecule has 5 unspecified atom stereocenters. The van der Waals surface area contributed by atoms with Gasteiger partial charge in [0.05, 0.1) is 12.2 Å². The summed E-state index contributed by atoms with van der Waals surface area (Å²) in [4.78, 5) is 21.3. The Morgan fingerprint density at radius 3 is 2.64 bits per heavy atom. The average molecular weight is 354 g/mol. The van der Waals surface area contributed by atoms with Crippen LogP contribution < -0.4 is 0 Å². The molecule has 0 aromatic carbocycles. The van der Waals surface area contributed by atoms with E-state index in [4.69, 9.17) is 14.9 Å². The standard InChI is InChI=1S/C20H34O5/c1-2-3-6-9-15(21)12-13-17-16(18-14-19(17)25-24-18)10-7-4-5-8-11-20(22)23/h12-13,15-19,21H,2-11,14H2,1H3,(H,22,23). The van der Waals surface area contributed by atoms with E-state index in [0.717, 1.165) is 51.4 Å². The molecule has 2 fully saturated rings. The molecule has 1 aliphatic heterocycles. The highest BCUT2D eigenvalue weighted by Crippen LogP contribution is 2.45. The molecule has 144 valence electrons. The summed E-state index contributed by atoms with van der Waals surface area (Å²) in [5.74, 6) is 0.0808. The lowest BCUT2D eigenvalue weighted by Gasteiger charge is -2.28. The van der Waals surface area contributed by atoms with Crippen molar-refractivity contribution in [3.8, 4) is 0 Å². The maximum Gasteiger partial charge on any atom is 0.303 e. The number of aliphatic carboxylic acids is 1. The molecular formula is C20H34O5. The van der Waals surface area contributed by atoms with Crippen molar-refractivity contribution in [1.82, 2.24) is 0 Å². The summed E-state index contributed by atoms with van der Waals surface area (Å²) in [6.45, 7) is 2.17. The molecule has 2 bridgehead atoms. The van der Waals surface area contributed by atoms with Crippen molar-refractivity contribution in [2.75, 3.05) is 0 Å². The molecule has 1 saturated heterocycles.